The van der Waals surface area contributed by atoms with E-state index in [4.69, 9.17) is 23.2 Å². The van der Waals surface area contributed by atoms with Gasteiger partial charge in [-0.1, -0.05) is 41.0 Å². The molecule has 3 rings (SSSR count). The molecular formula is C22H23Cl2N5O2S. The highest BCUT2D eigenvalue weighted by Crippen LogP contribution is 2.23. The maximum Gasteiger partial charge on any atom is 0.251 e. The number of carbonyl (C=O) groups is 2. The second-order valence-corrected chi connectivity index (χ2v) is 8.87. The molecule has 0 bridgehead atoms. The van der Waals surface area contributed by atoms with E-state index in [2.05, 4.69) is 20.8 Å². The zero-order chi connectivity index (χ0) is 23.3. The van der Waals surface area contributed by atoms with Crippen LogP contribution in [0.3, 0.4) is 0 Å². The van der Waals surface area contributed by atoms with Gasteiger partial charge in [0.1, 0.15) is 0 Å². The third kappa shape index (κ3) is 6.03. The SMILES string of the molecule is CCn1c(SCC(=O)Nc2ccc(C)c(Cl)c2)nnc1[C@H](C)NC(=O)c1ccc(Cl)cc1. The minimum Gasteiger partial charge on any atom is -0.342 e. The maximum atomic E-state index is 12.5. The number of aryl methyl sites for hydroxylation is 1. The molecule has 1 heterocycles. The summed E-state index contributed by atoms with van der Waals surface area (Å²) in [4.78, 5) is 24.9. The molecule has 2 amide bonds. The van der Waals surface area contributed by atoms with Gasteiger partial charge in [-0.2, -0.15) is 0 Å². The third-order valence-electron chi connectivity index (χ3n) is 4.69. The van der Waals surface area contributed by atoms with Crippen molar-refractivity contribution in [2.75, 3.05) is 11.1 Å². The molecule has 0 saturated heterocycles. The first-order chi connectivity index (χ1) is 15.3. The Kier molecular flexibility index (Phi) is 8.17. The van der Waals surface area contributed by atoms with Crippen LogP contribution in [0.2, 0.25) is 10.0 Å². The molecule has 2 N–H and O–H groups in total. The number of anilines is 1. The van der Waals surface area contributed by atoms with E-state index in [0.29, 0.717) is 38.8 Å². The lowest BCUT2D eigenvalue weighted by molar-refractivity contribution is -0.113. The summed E-state index contributed by atoms with van der Waals surface area (Å²) in [7, 11) is 0. The fourth-order valence-electron chi connectivity index (χ4n) is 2.97. The van der Waals surface area contributed by atoms with E-state index in [1.807, 2.05) is 37.5 Å². The van der Waals surface area contributed by atoms with Crippen molar-refractivity contribution < 1.29 is 9.59 Å². The van der Waals surface area contributed by atoms with Crippen molar-refractivity contribution in [1.29, 1.82) is 0 Å². The van der Waals surface area contributed by atoms with Crippen LogP contribution >= 0.6 is 35.0 Å². The minimum absolute atomic E-state index is 0.162. The average Bonchev–Trinajstić information content (AvgIpc) is 3.18. The van der Waals surface area contributed by atoms with Crippen molar-refractivity contribution >= 4 is 52.5 Å². The maximum absolute atomic E-state index is 12.5. The van der Waals surface area contributed by atoms with Crippen molar-refractivity contribution in [1.82, 2.24) is 20.1 Å². The minimum atomic E-state index is -0.372. The number of aromatic nitrogens is 3. The predicted molar refractivity (Wildman–Crippen MR) is 129 cm³/mol. The van der Waals surface area contributed by atoms with Crippen LogP contribution < -0.4 is 10.6 Å². The van der Waals surface area contributed by atoms with E-state index < -0.39 is 0 Å². The predicted octanol–water partition coefficient (Wildman–Crippen LogP) is 5.14. The number of rotatable bonds is 8. The molecule has 1 atom stereocenters. The number of benzene rings is 2. The van der Waals surface area contributed by atoms with Gasteiger partial charge in [0.15, 0.2) is 11.0 Å². The summed E-state index contributed by atoms with van der Waals surface area (Å²) in [6.45, 7) is 6.30. The van der Waals surface area contributed by atoms with Crippen molar-refractivity contribution in [2.24, 2.45) is 0 Å². The van der Waals surface area contributed by atoms with Gasteiger partial charge in [-0.15, -0.1) is 10.2 Å². The van der Waals surface area contributed by atoms with Gasteiger partial charge < -0.3 is 15.2 Å². The Balaban J connectivity index is 1.62. The fraction of sp³-hybridized carbons (Fsp3) is 0.273. The Morgan fingerprint density at radius 1 is 1.12 bits per heavy atom. The largest absolute Gasteiger partial charge is 0.342 e. The van der Waals surface area contributed by atoms with Gasteiger partial charge in [-0.25, -0.2) is 0 Å². The first kappa shape index (κ1) is 24.1. The summed E-state index contributed by atoms with van der Waals surface area (Å²) in [5.41, 5.74) is 2.09. The van der Waals surface area contributed by atoms with E-state index in [1.54, 1.807) is 30.3 Å². The number of amides is 2. The Morgan fingerprint density at radius 2 is 1.84 bits per heavy atom. The Hall–Kier alpha value is -2.55. The van der Waals surface area contributed by atoms with Gasteiger partial charge in [0, 0.05) is 27.8 Å². The number of hydrogen-bond donors (Lipinski definition) is 2. The fourth-order valence-corrected chi connectivity index (χ4v) is 4.08. The molecule has 0 radical (unpaired) electrons. The number of hydrogen-bond acceptors (Lipinski definition) is 5. The summed E-state index contributed by atoms with van der Waals surface area (Å²) < 4.78 is 1.88. The zero-order valence-corrected chi connectivity index (χ0v) is 20.2. The van der Waals surface area contributed by atoms with Crippen LogP contribution in [0.25, 0.3) is 0 Å². The van der Waals surface area contributed by atoms with E-state index in [-0.39, 0.29) is 23.6 Å². The van der Waals surface area contributed by atoms with Gasteiger partial charge in [0.25, 0.3) is 5.91 Å². The van der Waals surface area contributed by atoms with E-state index in [1.165, 1.54) is 11.8 Å². The van der Waals surface area contributed by atoms with Crippen LogP contribution in [0.4, 0.5) is 5.69 Å². The highest BCUT2D eigenvalue weighted by atomic mass is 35.5. The lowest BCUT2D eigenvalue weighted by Gasteiger charge is -2.15. The highest BCUT2D eigenvalue weighted by Gasteiger charge is 2.20. The second kappa shape index (κ2) is 10.8. The number of halogens is 2. The highest BCUT2D eigenvalue weighted by molar-refractivity contribution is 7.99. The topological polar surface area (TPSA) is 88.9 Å². The molecule has 1 aromatic heterocycles. The molecule has 0 fully saturated rings. The lowest BCUT2D eigenvalue weighted by atomic mass is 10.2. The van der Waals surface area contributed by atoms with Crippen molar-refractivity contribution in [3.63, 3.8) is 0 Å². The summed E-state index contributed by atoms with van der Waals surface area (Å²) in [5, 5.41) is 16.0. The van der Waals surface area contributed by atoms with Gasteiger partial charge >= 0.3 is 0 Å². The molecule has 0 aliphatic heterocycles. The Labute approximate surface area is 200 Å². The first-order valence-electron chi connectivity index (χ1n) is 9.96. The number of thioether (sulfide) groups is 1. The monoisotopic (exact) mass is 491 g/mol. The van der Waals surface area contributed by atoms with Crippen LogP contribution in [-0.4, -0.2) is 32.3 Å². The second-order valence-electron chi connectivity index (χ2n) is 7.09. The summed E-state index contributed by atoms with van der Waals surface area (Å²) in [6.07, 6.45) is 0. The standard InChI is InChI=1S/C22H23Cl2N5O2S/c1-4-29-20(14(3)25-21(31)15-6-8-16(23)9-7-15)27-28-22(29)32-12-19(30)26-17-10-5-13(2)18(24)11-17/h5-11,14H,4,12H2,1-3H3,(H,25,31)(H,26,30)/t14-/m0/s1. The zero-order valence-electron chi connectivity index (χ0n) is 17.9. The quantitative estimate of drug-likeness (QED) is 0.426. The number of nitrogens with one attached hydrogen (secondary N) is 2. The van der Waals surface area contributed by atoms with Gasteiger partial charge in [0.05, 0.1) is 11.8 Å². The summed E-state index contributed by atoms with van der Waals surface area (Å²) in [6, 6.07) is 11.7. The van der Waals surface area contributed by atoms with E-state index >= 15 is 0 Å². The Bertz CT molecular complexity index is 1120. The van der Waals surface area contributed by atoms with Crippen LogP contribution in [0.15, 0.2) is 47.6 Å². The van der Waals surface area contributed by atoms with Crippen LogP contribution in [0.1, 0.15) is 41.6 Å². The van der Waals surface area contributed by atoms with Crippen LogP contribution in [-0.2, 0) is 11.3 Å². The molecule has 0 spiro atoms. The van der Waals surface area contributed by atoms with Crippen molar-refractivity contribution in [3.8, 4) is 0 Å². The van der Waals surface area contributed by atoms with Crippen LogP contribution in [0.5, 0.6) is 0 Å². The van der Waals surface area contributed by atoms with Gasteiger partial charge in [-0.05, 0) is 62.7 Å². The molecule has 2 aromatic carbocycles. The molecule has 0 aliphatic rings. The molecule has 0 saturated carbocycles. The molecule has 0 unspecified atom stereocenters. The van der Waals surface area contributed by atoms with Crippen molar-refractivity contribution in [2.45, 2.75) is 38.5 Å². The van der Waals surface area contributed by atoms with E-state index in [9.17, 15) is 9.59 Å². The first-order valence-corrected chi connectivity index (χ1v) is 11.7. The number of nitrogens with zero attached hydrogens (tertiary/aromatic N) is 3. The molecule has 0 aliphatic carbocycles. The third-order valence-corrected chi connectivity index (χ3v) is 6.32. The van der Waals surface area contributed by atoms with Crippen molar-refractivity contribution in [3.05, 3.63) is 69.5 Å². The molecular weight excluding hydrogens is 469 g/mol. The Morgan fingerprint density at radius 3 is 2.50 bits per heavy atom. The molecule has 3 aromatic rings. The number of carbonyl (C=O) groups excluding carboxylic acids is 2. The normalized spacial score (nSPS) is 11.8. The molecule has 32 heavy (non-hydrogen) atoms. The summed E-state index contributed by atoms with van der Waals surface area (Å²) >= 11 is 13.3. The van der Waals surface area contributed by atoms with Gasteiger partial charge in [-0.3, -0.25) is 9.59 Å². The summed E-state index contributed by atoms with van der Waals surface area (Å²) in [5.74, 6) is 0.370. The van der Waals surface area contributed by atoms with E-state index in [0.717, 1.165) is 5.56 Å². The molecule has 168 valence electrons. The molecule has 7 nitrogen and oxygen atoms in total. The van der Waals surface area contributed by atoms with Crippen LogP contribution in [0, 0.1) is 6.92 Å². The average molecular weight is 492 g/mol. The lowest BCUT2D eigenvalue weighted by Crippen LogP contribution is -2.28. The van der Waals surface area contributed by atoms with Gasteiger partial charge in [0.2, 0.25) is 5.91 Å². The molecule has 10 heteroatoms. The smallest absolute Gasteiger partial charge is 0.251 e.